The lowest BCUT2D eigenvalue weighted by Gasteiger charge is -2.12. The molecule has 0 fully saturated rings. The van der Waals surface area contributed by atoms with Gasteiger partial charge in [0, 0.05) is 16.9 Å². The third-order valence-corrected chi connectivity index (χ3v) is 5.73. The van der Waals surface area contributed by atoms with E-state index in [4.69, 9.17) is 0 Å². The molecule has 0 atom stereocenters. The summed E-state index contributed by atoms with van der Waals surface area (Å²) in [6.07, 6.45) is 0. The molecule has 0 bridgehead atoms. The number of esters is 1. The van der Waals surface area contributed by atoms with Gasteiger partial charge in [0.2, 0.25) is 0 Å². The molecule has 7 nitrogen and oxygen atoms in total. The van der Waals surface area contributed by atoms with Crippen molar-refractivity contribution in [1.29, 1.82) is 0 Å². The summed E-state index contributed by atoms with van der Waals surface area (Å²) in [5.74, 6) is -0.786. The summed E-state index contributed by atoms with van der Waals surface area (Å²) in [5, 5.41) is 2.78. The molecule has 0 heterocycles. The average Bonchev–Trinajstić information content (AvgIpc) is 2.75. The molecule has 3 rings (SSSR count). The smallest absolute Gasteiger partial charge is 0.337 e. The lowest BCUT2D eigenvalue weighted by Crippen LogP contribution is -2.15. The third-order valence-electron chi connectivity index (χ3n) is 4.35. The number of amides is 1. The van der Waals surface area contributed by atoms with Crippen LogP contribution >= 0.6 is 0 Å². The Labute approximate surface area is 174 Å². The van der Waals surface area contributed by atoms with Crippen LogP contribution in [0.5, 0.6) is 0 Å². The van der Waals surface area contributed by atoms with Crippen LogP contribution in [0.25, 0.3) is 0 Å². The van der Waals surface area contributed by atoms with Crippen LogP contribution in [0.15, 0.2) is 77.7 Å². The highest BCUT2D eigenvalue weighted by atomic mass is 32.2. The van der Waals surface area contributed by atoms with Gasteiger partial charge < -0.3 is 10.1 Å². The standard InChI is InChI=1S/C22H20N2O5S/c1-15-14-19(12-13-20(15)23-21(25)16-6-4-3-5-7-16)30(27,28)24-18-10-8-17(9-11-18)22(26)29-2/h3-14,24H,1-2H3,(H,23,25). The Bertz CT molecular complexity index is 1170. The van der Waals surface area contributed by atoms with Crippen LogP contribution in [0.2, 0.25) is 0 Å². The van der Waals surface area contributed by atoms with Crippen molar-refractivity contribution in [2.75, 3.05) is 17.1 Å². The van der Waals surface area contributed by atoms with Crippen molar-refractivity contribution in [2.45, 2.75) is 11.8 Å². The highest BCUT2D eigenvalue weighted by molar-refractivity contribution is 7.92. The number of carbonyl (C=O) groups excluding carboxylic acids is 2. The average molecular weight is 424 g/mol. The lowest BCUT2D eigenvalue weighted by atomic mass is 10.1. The first-order valence-corrected chi connectivity index (χ1v) is 10.5. The van der Waals surface area contributed by atoms with Crippen molar-refractivity contribution in [2.24, 2.45) is 0 Å². The number of hydrogen-bond donors (Lipinski definition) is 2. The molecule has 0 radical (unpaired) electrons. The number of carbonyl (C=O) groups is 2. The van der Waals surface area contributed by atoms with Crippen LogP contribution < -0.4 is 10.0 Å². The van der Waals surface area contributed by atoms with E-state index >= 15 is 0 Å². The van der Waals surface area contributed by atoms with Crippen LogP contribution in [0.4, 0.5) is 11.4 Å². The van der Waals surface area contributed by atoms with Crippen LogP contribution in [-0.2, 0) is 14.8 Å². The number of benzene rings is 3. The Balaban J connectivity index is 1.76. The van der Waals surface area contributed by atoms with Crippen molar-refractivity contribution >= 4 is 33.3 Å². The van der Waals surface area contributed by atoms with E-state index in [0.717, 1.165) is 0 Å². The topological polar surface area (TPSA) is 102 Å². The fourth-order valence-corrected chi connectivity index (χ4v) is 3.88. The molecule has 0 saturated heterocycles. The van der Waals surface area contributed by atoms with Gasteiger partial charge in [-0.1, -0.05) is 18.2 Å². The first-order chi connectivity index (χ1) is 14.3. The fourth-order valence-electron chi connectivity index (χ4n) is 2.73. The first kappa shape index (κ1) is 21.1. The molecule has 0 spiro atoms. The van der Waals surface area contributed by atoms with Gasteiger partial charge in [-0.3, -0.25) is 9.52 Å². The lowest BCUT2D eigenvalue weighted by molar-refractivity contribution is 0.0600. The van der Waals surface area contributed by atoms with E-state index in [1.807, 2.05) is 6.07 Å². The van der Waals surface area contributed by atoms with Gasteiger partial charge >= 0.3 is 5.97 Å². The largest absolute Gasteiger partial charge is 0.465 e. The minimum atomic E-state index is -3.85. The summed E-state index contributed by atoms with van der Waals surface area (Å²) in [7, 11) is -2.58. The number of aryl methyl sites for hydroxylation is 1. The number of hydrogen-bond acceptors (Lipinski definition) is 5. The van der Waals surface area contributed by atoms with Gasteiger partial charge in [0.1, 0.15) is 0 Å². The second kappa shape index (κ2) is 8.79. The molecule has 0 aliphatic rings. The van der Waals surface area contributed by atoms with Crippen LogP contribution in [0.3, 0.4) is 0 Å². The predicted molar refractivity (Wildman–Crippen MR) is 114 cm³/mol. The van der Waals surface area contributed by atoms with Gasteiger partial charge in [0.15, 0.2) is 0 Å². The van der Waals surface area contributed by atoms with Crippen LogP contribution in [-0.4, -0.2) is 27.4 Å². The Morgan fingerprint density at radius 1 is 0.867 bits per heavy atom. The summed E-state index contributed by atoms with van der Waals surface area (Å²) in [6.45, 7) is 1.71. The SMILES string of the molecule is COC(=O)c1ccc(NS(=O)(=O)c2ccc(NC(=O)c3ccccc3)c(C)c2)cc1. The molecule has 8 heteroatoms. The summed E-state index contributed by atoms with van der Waals surface area (Å²) in [5.41, 5.74) is 2.25. The highest BCUT2D eigenvalue weighted by Crippen LogP contribution is 2.23. The molecule has 2 N–H and O–H groups in total. The minimum absolute atomic E-state index is 0.0507. The number of ether oxygens (including phenoxy) is 1. The molecule has 154 valence electrons. The second-order valence-corrected chi connectivity index (χ2v) is 8.15. The van der Waals surface area contributed by atoms with Gasteiger partial charge in [-0.25, -0.2) is 13.2 Å². The van der Waals surface area contributed by atoms with Crippen LogP contribution in [0.1, 0.15) is 26.3 Å². The maximum atomic E-state index is 12.7. The van der Waals surface area contributed by atoms with E-state index in [0.29, 0.717) is 28.1 Å². The van der Waals surface area contributed by atoms with Gasteiger partial charge in [-0.05, 0) is 67.1 Å². The monoisotopic (exact) mass is 424 g/mol. The van der Waals surface area contributed by atoms with E-state index in [-0.39, 0.29) is 10.8 Å². The quantitative estimate of drug-likeness (QED) is 0.586. The molecule has 0 aliphatic carbocycles. The van der Waals surface area contributed by atoms with Crippen molar-refractivity contribution in [1.82, 2.24) is 0 Å². The van der Waals surface area contributed by atoms with Gasteiger partial charge in [0.05, 0.1) is 17.6 Å². The Morgan fingerprint density at radius 3 is 2.13 bits per heavy atom. The zero-order valence-corrected chi connectivity index (χ0v) is 17.2. The molecule has 0 aromatic heterocycles. The normalized spacial score (nSPS) is 10.9. The highest BCUT2D eigenvalue weighted by Gasteiger charge is 2.17. The molecule has 3 aromatic rings. The van der Waals surface area contributed by atoms with Crippen molar-refractivity contribution in [3.05, 3.63) is 89.5 Å². The molecule has 1 amide bonds. The van der Waals surface area contributed by atoms with E-state index in [2.05, 4.69) is 14.8 Å². The van der Waals surface area contributed by atoms with Crippen molar-refractivity contribution in [3.63, 3.8) is 0 Å². The minimum Gasteiger partial charge on any atom is -0.465 e. The molecule has 0 unspecified atom stereocenters. The Kier molecular flexibility index (Phi) is 6.17. The first-order valence-electron chi connectivity index (χ1n) is 8.98. The number of nitrogens with one attached hydrogen (secondary N) is 2. The summed E-state index contributed by atoms with van der Waals surface area (Å²) in [4.78, 5) is 23.8. The van der Waals surface area contributed by atoms with E-state index in [1.54, 1.807) is 37.3 Å². The number of rotatable bonds is 6. The molecule has 3 aromatic carbocycles. The number of anilines is 2. The Hall–Kier alpha value is -3.65. The van der Waals surface area contributed by atoms with Crippen LogP contribution in [0, 0.1) is 6.92 Å². The number of sulfonamides is 1. The molecule has 0 saturated carbocycles. The van der Waals surface area contributed by atoms with Crippen molar-refractivity contribution < 1.29 is 22.7 Å². The molecular weight excluding hydrogens is 404 g/mol. The fraction of sp³-hybridized carbons (Fsp3) is 0.0909. The summed E-state index contributed by atoms with van der Waals surface area (Å²) >= 11 is 0. The second-order valence-electron chi connectivity index (χ2n) is 6.47. The van der Waals surface area contributed by atoms with E-state index in [9.17, 15) is 18.0 Å². The Morgan fingerprint density at radius 2 is 1.53 bits per heavy atom. The summed E-state index contributed by atoms with van der Waals surface area (Å²) in [6, 6.07) is 19.1. The maximum absolute atomic E-state index is 12.7. The van der Waals surface area contributed by atoms with E-state index < -0.39 is 16.0 Å². The molecular formula is C22H20N2O5S. The van der Waals surface area contributed by atoms with Gasteiger partial charge in [0.25, 0.3) is 15.9 Å². The zero-order valence-electron chi connectivity index (χ0n) is 16.4. The summed E-state index contributed by atoms with van der Waals surface area (Å²) < 4.78 is 32.5. The third kappa shape index (κ3) is 4.84. The number of methoxy groups -OCH3 is 1. The predicted octanol–water partition coefficient (Wildman–Crippen LogP) is 3.83. The zero-order chi connectivity index (χ0) is 21.7. The van der Waals surface area contributed by atoms with Crippen molar-refractivity contribution in [3.8, 4) is 0 Å². The van der Waals surface area contributed by atoms with E-state index in [1.165, 1.54) is 43.5 Å². The molecule has 30 heavy (non-hydrogen) atoms. The molecule has 0 aliphatic heterocycles. The maximum Gasteiger partial charge on any atom is 0.337 e. The van der Waals surface area contributed by atoms with Gasteiger partial charge in [-0.15, -0.1) is 0 Å². The van der Waals surface area contributed by atoms with Gasteiger partial charge in [-0.2, -0.15) is 0 Å².